The Hall–Kier alpha value is -0.810. The SMILES string of the molecule is CCCCCCCCCCCCCCCCCCCCCCCCCC(=O)N[C@@H](CO[C@H]1O[C@H](CO)C[C@H](O)[C@H]1O)[C@H](O)[C@H](O)CCCCCCCCCCCCCC. The summed E-state index contributed by atoms with van der Waals surface area (Å²) in [6.07, 6.45) is 39.1. The molecule has 0 saturated carbocycles. The van der Waals surface area contributed by atoms with Crippen LogP contribution in [0.3, 0.4) is 0 Å². The zero-order chi connectivity index (χ0) is 43.0. The first-order valence-corrected chi connectivity index (χ1v) is 25.7. The molecule has 1 amide bonds. The summed E-state index contributed by atoms with van der Waals surface area (Å²) in [7, 11) is 0. The summed E-state index contributed by atoms with van der Waals surface area (Å²) in [5, 5.41) is 55.2. The topological polar surface area (TPSA) is 149 Å². The van der Waals surface area contributed by atoms with Gasteiger partial charge in [-0.25, -0.2) is 0 Å². The van der Waals surface area contributed by atoms with Gasteiger partial charge in [0.2, 0.25) is 5.91 Å². The van der Waals surface area contributed by atoms with Gasteiger partial charge in [-0.2, -0.15) is 0 Å². The van der Waals surface area contributed by atoms with Crippen LogP contribution < -0.4 is 5.32 Å². The average molecular weight is 842 g/mol. The standard InChI is InChI=1S/C50H99NO8/c1-3-5-7-9-11-13-15-17-18-19-20-21-22-23-24-25-26-27-29-31-33-35-37-39-47(55)51-44(42-58-50-49(57)46(54)40-43(41-52)59-50)48(56)45(53)38-36-34-32-30-28-16-14-12-10-8-6-4-2/h43-46,48-50,52-54,56-57H,3-42H2,1-2H3,(H,51,55)/t43-,44-,45+,46-,48-,49+,50-/m0/s1. The maximum atomic E-state index is 13.0. The Morgan fingerprint density at radius 1 is 0.576 bits per heavy atom. The predicted octanol–water partition coefficient (Wildman–Crippen LogP) is 11.5. The van der Waals surface area contributed by atoms with E-state index in [4.69, 9.17) is 9.47 Å². The predicted molar refractivity (Wildman–Crippen MR) is 244 cm³/mol. The molecule has 9 nitrogen and oxygen atoms in total. The molecule has 1 heterocycles. The molecule has 0 aliphatic carbocycles. The molecular weight excluding hydrogens is 743 g/mol. The third kappa shape index (κ3) is 32.5. The third-order valence-corrected chi connectivity index (χ3v) is 12.7. The molecule has 1 aliphatic rings. The van der Waals surface area contributed by atoms with E-state index in [1.54, 1.807) is 0 Å². The van der Waals surface area contributed by atoms with Crippen molar-refractivity contribution in [1.82, 2.24) is 5.32 Å². The van der Waals surface area contributed by atoms with Crippen LogP contribution in [0.5, 0.6) is 0 Å². The summed E-state index contributed by atoms with van der Waals surface area (Å²) in [5.41, 5.74) is 0. The quantitative estimate of drug-likeness (QED) is 0.0332. The van der Waals surface area contributed by atoms with Crippen LogP contribution in [0.2, 0.25) is 0 Å². The molecule has 352 valence electrons. The van der Waals surface area contributed by atoms with Crippen LogP contribution in [-0.4, -0.2) is 87.5 Å². The van der Waals surface area contributed by atoms with E-state index < -0.39 is 42.9 Å². The molecule has 1 aliphatic heterocycles. The minimum absolute atomic E-state index is 0.0810. The van der Waals surface area contributed by atoms with E-state index in [0.29, 0.717) is 12.8 Å². The minimum Gasteiger partial charge on any atom is -0.394 e. The maximum absolute atomic E-state index is 13.0. The molecule has 0 aromatic heterocycles. The van der Waals surface area contributed by atoms with Crippen molar-refractivity contribution in [2.24, 2.45) is 0 Å². The highest BCUT2D eigenvalue weighted by atomic mass is 16.7. The van der Waals surface area contributed by atoms with Crippen molar-refractivity contribution < 1.29 is 39.8 Å². The number of rotatable bonds is 44. The van der Waals surface area contributed by atoms with Crippen LogP contribution in [-0.2, 0) is 14.3 Å². The van der Waals surface area contributed by atoms with Gasteiger partial charge in [-0.1, -0.05) is 232 Å². The summed E-state index contributed by atoms with van der Waals surface area (Å²) in [4.78, 5) is 13.0. The van der Waals surface area contributed by atoms with E-state index in [-0.39, 0.29) is 25.5 Å². The second-order valence-electron chi connectivity index (χ2n) is 18.4. The Kier molecular flexibility index (Phi) is 39.3. The number of hydrogen-bond donors (Lipinski definition) is 6. The van der Waals surface area contributed by atoms with Crippen molar-refractivity contribution in [3.05, 3.63) is 0 Å². The number of ether oxygens (including phenoxy) is 2. The number of aliphatic hydroxyl groups is 5. The van der Waals surface area contributed by atoms with Crippen LogP contribution in [0.1, 0.15) is 258 Å². The first-order valence-electron chi connectivity index (χ1n) is 25.7. The number of hydrogen-bond acceptors (Lipinski definition) is 8. The number of amides is 1. The zero-order valence-electron chi connectivity index (χ0n) is 38.8. The van der Waals surface area contributed by atoms with Crippen LogP contribution in [0.15, 0.2) is 0 Å². The largest absolute Gasteiger partial charge is 0.394 e. The molecule has 1 saturated heterocycles. The van der Waals surface area contributed by atoms with Crippen molar-refractivity contribution in [2.45, 2.75) is 301 Å². The van der Waals surface area contributed by atoms with Gasteiger partial charge in [-0.15, -0.1) is 0 Å². The molecule has 9 heteroatoms. The fraction of sp³-hybridized carbons (Fsp3) is 0.980. The Morgan fingerprint density at radius 2 is 0.932 bits per heavy atom. The first kappa shape index (κ1) is 56.2. The Morgan fingerprint density at radius 3 is 1.31 bits per heavy atom. The van der Waals surface area contributed by atoms with Gasteiger partial charge in [0.05, 0.1) is 37.6 Å². The van der Waals surface area contributed by atoms with Crippen LogP contribution in [0.4, 0.5) is 0 Å². The molecule has 6 N–H and O–H groups in total. The van der Waals surface area contributed by atoms with E-state index in [1.165, 1.54) is 186 Å². The second kappa shape index (κ2) is 41.2. The normalized spacial score (nSPS) is 19.8. The van der Waals surface area contributed by atoms with E-state index in [9.17, 15) is 30.3 Å². The number of carbonyl (C=O) groups excluding carboxylic acids is 1. The van der Waals surface area contributed by atoms with Gasteiger partial charge in [0, 0.05) is 12.8 Å². The van der Waals surface area contributed by atoms with E-state index in [1.807, 2.05) is 0 Å². The van der Waals surface area contributed by atoms with Gasteiger partial charge >= 0.3 is 0 Å². The van der Waals surface area contributed by atoms with E-state index >= 15 is 0 Å². The molecule has 0 unspecified atom stereocenters. The first-order chi connectivity index (χ1) is 28.8. The third-order valence-electron chi connectivity index (χ3n) is 12.7. The number of carbonyl (C=O) groups is 1. The van der Waals surface area contributed by atoms with Crippen LogP contribution >= 0.6 is 0 Å². The fourth-order valence-electron chi connectivity index (χ4n) is 8.58. The van der Waals surface area contributed by atoms with Gasteiger partial charge in [-0.3, -0.25) is 4.79 Å². The molecule has 0 spiro atoms. The molecule has 59 heavy (non-hydrogen) atoms. The van der Waals surface area contributed by atoms with E-state index in [2.05, 4.69) is 19.2 Å². The summed E-state index contributed by atoms with van der Waals surface area (Å²) in [5.74, 6) is -0.211. The number of nitrogens with one attached hydrogen (secondary N) is 1. The Balaban J connectivity index is 2.23. The van der Waals surface area contributed by atoms with E-state index in [0.717, 1.165) is 38.5 Å². The highest BCUT2D eigenvalue weighted by Crippen LogP contribution is 2.23. The fourth-order valence-corrected chi connectivity index (χ4v) is 8.58. The lowest BCUT2D eigenvalue weighted by Gasteiger charge is -2.37. The molecular formula is C50H99NO8. The molecule has 0 aromatic rings. The molecule has 0 radical (unpaired) electrons. The van der Waals surface area contributed by atoms with Crippen molar-refractivity contribution in [3.8, 4) is 0 Å². The van der Waals surface area contributed by atoms with Gasteiger partial charge in [0.1, 0.15) is 12.2 Å². The van der Waals surface area contributed by atoms with Crippen molar-refractivity contribution in [1.29, 1.82) is 0 Å². The Labute approximate surface area is 364 Å². The lowest BCUT2D eigenvalue weighted by Crippen LogP contribution is -2.54. The molecule has 1 fully saturated rings. The highest BCUT2D eigenvalue weighted by molar-refractivity contribution is 5.76. The lowest BCUT2D eigenvalue weighted by molar-refractivity contribution is -0.274. The minimum atomic E-state index is -1.33. The van der Waals surface area contributed by atoms with Crippen LogP contribution in [0, 0.1) is 0 Å². The smallest absolute Gasteiger partial charge is 0.220 e. The van der Waals surface area contributed by atoms with Crippen molar-refractivity contribution in [3.63, 3.8) is 0 Å². The number of unbranched alkanes of at least 4 members (excludes halogenated alkanes) is 33. The van der Waals surface area contributed by atoms with Crippen molar-refractivity contribution in [2.75, 3.05) is 13.2 Å². The Bertz CT molecular complexity index is 895. The van der Waals surface area contributed by atoms with Crippen molar-refractivity contribution >= 4 is 5.91 Å². The zero-order valence-corrected chi connectivity index (χ0v) is 38.8. The number of aliphatic hydroxyl groups excluding tert-OH is 5. The summed E-state index contributed by atoms with van der Waals surface area (Å²) in [6.45, 7) is 3.99. The maximum Gasteiger partial charge on any atom is 0.220 e. The molecule has 0 bridgehead atoms. The van der Waals surface area contributed by atoms with Gasteiger partial charge in [0.25, 0.3) is 0 Å². The summed E-state index contributed by atoms with van der Waals surface area (Å²) in [6, 6.07) is -0.915. The van der Waals surface area contributed by atoms with Crippen LogP contribution in [0.25, 0.3) is 0 Å². The average Bonchev–Trinajstić information content (AvgIpc) is 3.23. The molecule has 7 atom stereocenters. The molecule has 0 aromatic carbocycles. The monoisotopic (exact) mass is 842 g/mol. The lowest BCUT2D eigenvalue weighted by atomic mass is 9.99. The summed E-state index contributed by atoms with van der Waals surface area (Å²) < 4.78 is 11.4. The van der Waals surface area contributed by atoms with Gasteiger partial charge in [-0.05, 0) is 12.8 Å². The second-order valence-corrected chi connectivity index (χ2v) is 18.4. The highest BCUT2D eigenvalue weighted by Gasteiger charge is 2.38. The molecule has 1 rings (SSSR count). The van der Waals surface area contributed by atoms with Gasteiger partial charge < -0.3 is 40.3 Å². The van der Waals surface area contributed by atoms with Gasteiger partial charge in [0.15, 0.2) is 6.29 Å². The summed E-state index contributed by atoms with van der Waals surface area (Å²) >= 11 is 0.